The molecule has 1 aromatic carbocycles. The lowest BCUT2D eigenvalue weighted by Gasteiger charge is -2.25. The van der Waals surface area contributed by atoms with Gasteiger partial charge in [0, 0.05) is 25.0 Å². The summed E-state index contributed by atoms with van der Waals surface area (Å²) in [5.41, 5.74) is 1.65. The van der Waals surface area contributed by atoms with Gasteiger partial charge in [0.25, 0.3) is 0 Å². The monoisotopic (exact) mass is 585 g/mol. The number of carbonyl (C=O) groups is 3. The van der Waals surface area contributed by atoms with E-state index >= 15 is 0 Å². The van der Waals surface area contributed by atoms with Gasteiger partial charge in [0.05, 0.1) is 31.0 Å². The van der Waals surface area contributed by atoms with Gasteiger partial charge < -0.3 is 19.3 Å². The second kappa shape index (κ2) is 18.6. The first kappa shape index (κ1) is 37.1. The van der Waals surface area contributed by atoms with Gasteiger partial charge in [0.1, 0.15) is 18.3 Å². The molecule has 0 heterocycles. The predicted octanol–water partition coefficient (Wildman–Crippen LogP) is 6.02. The van der Waals surface area contributed by atoms with Gasteiger partial charge in [-0.05, 0) is 58.1 Å². The maximum Gasteiger partial charge on any atom is 0.316 e. The van der Waals surface area contributed by atoms with Gasteiger partial charge in [-0.25, -0.2) is 4.99 Å². The van der Waals surface area contributed by atoms with Gasteiger partial charge in [-0.15, -0.1) is 0 Å². The van der Waals surface area contributed by atoms with Crippen LogP contribution in [0.4, 0.5) is 0 Å². The number of ketones is 1. The molecule has 0 saturated heterocycles. The Labute approximate surface area is 252 Å². The van der Waals surface area contributed by atoms with Crippen LogP contribution >= 0.6 is 0 Å². The molecule has 0 aromatic heterocycles. The lowest BCUT2D eigenvalue weighted by atomic mass is 9.91. The molecule has 0 fully saturated rings. The van der Waals surface area contributed by atoms with Gasteiger partial charge in [-0.3, -0.25) is 14.4 Å². The Hall–Kier alpha value is -2.94. The highest BCUT2D eigenvalue weighted by atomic mass is 16.5. The molecule has 4 unspecified atom stereocenters. The van der Waals surface area contributed by atoms with Crippen molar-refractivity contribution in [3.63, 3.8) is 0 Å². The maximum atomic E-state index is 12.5. The summed E-state index contributed by atoms with van der Waals surface area (Å²) in [6.07, 6.45) is 6.13. The molecule has 1 amide bonds. The molecule has 0 bridgehead atoms. The molecule has 8 heteroatoms. The van der Waals surface area contributed by atoms with E-state index in [4.69, 9.17) is 14.2 Å². The smallest absolute Gasteiger partial charge is 0.316 e. The zero-order valence-electron chi connectivity index (χ0n) is 26.9. The van der Waals surface area contributed by atoms with E-state index in [1.54, 1.807) is 0 Å². The summed E-state index contributed by atoms with van der Waals surface area (Å²) in [6, 6.07) is 9.96. The zero-order chi connectivity index (χ0) is 31.9. The number of Topliss-reactive ketones (excluding diaryl/α,β-unsaturated/α-hetero) is 1. The quantitative estimate of drug-likeness (QED) is 0.0971. The first-order valence-corrected chi connectivity index (χ1v) is 14.8. The molecule has 42 heavy (non-hydrogen) atoms. The first-order valence-electron chi connectivity index (χ1n) is 14.8. The summed E-state index contributed by atoms with van der Waals surface area (Å²) in [5, 5.41) is 9.74. The van der Waals surface area contributed by atoms with Crippen molar-refractivity contribution in [1.29, 1.82) is 0 Å². The van der Waals surface area contributed by atoms with Crippen LogP contribution in [0.1, 0.15) is 80.7 Å². The lowest BCUT2D eigenvalue weighted by Crippen LogP contribution is -2.32. The average Bonchev–Trinajstić information content (AvgIpc) is 2.93. The summed E-state index contributed by atoms with van der Waals surface area (Å²) in [4.78, 5) is 40.6. The number of ether oxygens (including phenoxy) is 3. The molecule has 0 aliphatic heterocycles. The van der Waals surface area contributed by atoms with Crippen molar-refractivity contribution >= 4 is 29.4 Å². The molecular weight excluding hydrogens is 534 g/mol. The molecule has 0 saturated carbocycles. The van der Waals surface area contributed by atoms with E-state index in [0.29, 0.717) is 19.6 Å². The molecule has 1 aromatic rings. The minimum absolute atomic E-state index is 0.0435. The highest BCUT2D eigenvalue weighted by Gasteiger charge is 2.26. The second-order valence-electron chi connectivity index (χ2n) is 11.9. The van der Waals surface area contributed by atoms with Crippen LogP contribution in [0.25, 0.3) is 6.08 Å². The zero-order valence-corrected chi connectivity index (χ0v) is 26.9. The maximum absolute atomic E-state index is 12.5. The largest absolute Gasteiger partial charge is 0.462 e. The second-order valence-corrected chi connectivity index (χ2v) is 11.9. The van der Waals surface area contributed by atoms with Crippen LogP contribution in [0, 0.1) is 17.8 Å². The van der Waals surface area contributed by atoms with E-state index < -0.39 is 17.5 Å². The summed E-state index contributed by atoms with van der Waals surface area (Å²) in [6.45, 7) is 16.4. The van der Waals surface area contributed by atoms with E-state index in [1.165, 1.54) is 27.7 Å². The van der Waals surface area contributed by atoms with Crippen LogP contribution < -0.4 is 0 Å². The minimum atomic E-state index is -1.15. The summed E-state index contributed by atoms with van der Waals surface area (Å²) >= 11 is 0. The molecule has 0 radical (unpaired) electrons. The van der Waals surface area contributed by atoms with Crippen molar-refractivity contribution in [2.24, 2.45) is 22.7 Å². The molecular formula is C34H51NO7. The third-order valence-corrected chi connectivity index (χ3v) is 6.76. The number of hydrogen-bond acceptors (Lipinski definition) is 7. The van der Waals surface area contributed by atoms with Gasteiger partial charge >= 0.3 is 5.97 Å². The molecule has 4 atom stereocenters. The summed E-state index contributed by atoms with van der Waals surface area (Å²) in [5.74, 6) is -1.91. The molecule has 0 aliphatic rings. The number of hydrogen-bond donors (Lipinski definition) is 1. The topological polar surface area (TPSA) is 111 Å². The van der Waals surface area contributed by atoms with Crippen molar-refractivity contribution < 1.29 is 33.7 Å². The van der Waals surface area contributed by atoms with Crippen molar-refractivity contribution in [3.05, 3.63) is 53.6 Å². The van der Waals surface area contributed by atoms with Crippen LogP contribution in [0.15, 0.2) is 53.0 Å². The Balaban J connectivity index is 2.81. The number of aliphatic hydroxyl groups is 1. The van der Waals surface area contributed by atoms with Crippen molar-refractivity contribution in [3.8, 4) is 0 Å². The SMILES string of the molecule is CC(=O)N=C(C(C)C)C(C)C(C)OC/C(=C\C=C\c1ccccc1)COC(C)CCC(=O)C(C)C(=O)OCC(C)(C)O. The van der Waals surface area contributed by atoms with Crippen molar-refractivity contribution in [2.45, 2.75) is 93.0 Å². The Morgan fingerprint density at radius 1 is 0.976 bits per heavy atom. The molecule has 1 N–H and O–H groups in total. The fourth-order valence-electron chi connectivity index (χ4n) is 3.96. The normalized spacial score (nSPS) is 15.9. The van der Waals surface area contributed by atoms with Gasteiger partial charge in [0.15, 0.2) is 0 Å². The van der Waals surface area contributed by atoms with Crippen LogP contribution in [0.5, 0.6) is 0 Å². The first-order chi connectivity index (χ1) is 19.6. The molecule has 234 valence electrons. The van der Waals surface area contributed by atoms with Crippen LogP contribution in [-0.2, 0) is 28.6 Å². The van der Waals surface area contributed by atoms with Crippen LogP contribution in [0.3, 0.4) is 0 Å². The molecule has 0 aliphatic carbocycles. The number of amides is 1. The Kier molecular flexibility index (Phi) is 16.4. The number of rotatable bonds is 18. The van der Waals surface area contributed by atoms with E-state index in [1.807, 2.05) is 83.2 Å². The number of carbonyl (C=O) groups excluding carboxylic acids is 3. The van der Waals surface area contributed by atoms with E-state index in [-0.39, 0.29) is 48.8 Å². The highest BCUT2D eigenvalue weighted by Crippen LogP contribution is 2.18. The molecule has 8 nitrogen and oxygen atoms in total. The number of allylic oxidation sites excluding steroid dienone is 2. The van der Waals surface area contributed by atoms with Crippen LogP contribution in [-0.4, -0.2) is 66.1 Å². The molecule has 1 rings (SSSR count). The number of aliphatic imine (C=N–C) groups is 1. The predicted molar refractivity (Wildman–Crippen MR) is 167 cm³/mol. The van der Waals surface area contributed by atoms with Gasteiger partial charge in [0.2, 0.25) is 5.91 Å². The number of esters is 1. The summed E-state index contributed by atoms with van der Waals surface area (Å²) in [7, 11) is 0. The van der Waals surface area contributed by atoms with Crippen molar-refractivity contribution in [2.75, 3.05) is 19.8 Å². The number of nitrogens with zero attached hydrogens (tertiary/aromatic N) is 1. The highest BCUT2D eigenvalue weighted by molar-refractivity contribution is 5.98. The third-order valence-electron chi connectivity index (χ3n) is 6.76. The van der Waals surface area contributed by atoms with Gasteiger partial charge in [-0.2, -0.15) is 0 Å². The van der Waals surface area contributed by atoms with Crippen LogP contribution in [0.2, 0.25) is 0 Å². The van der Waals surface area contributed by atoms with E-state index in [0.717, 1.165) is 16.8 Å². The van der Waals surface area contributed by atoms with Crippen molar-refractivity contribution in [1.82, 2.24) is 0 Å². The summed E-state index contributed by atoms with van der Waals surface area (Å²) < 4.78 is 17.3. The van der Waals surface area contributed by atoms with E-state index in [2.05, 4.69) is 4.99 Å². The Morgan fingerprint density at radius 3 is 2.17 bits per heavy atom. The Morgan fingerprint density at radius 2 is 1.60 bits per heavy atom. The van der Waals surface area contributed by atoms with E-state index in [9.17, 15) is 19.5 Å². The minimum Gasteiger partial charge on any atom is -0.462 e. The fourth-order valence-corrected chi connectivity index (χ4v) is 3.96. The number of benzene rings is 1. The Bertz CT molecular complexity index is 1080. The standard InChI is InChI=1S/C34H51NO7/c1-23(2)32(35-28(7)36)25(4)27(6)41-21-30(17-13-16-29-14-11-10-12-15-29)20-40-24(3)18-19-31(37)26(5)33(38)42-22-34(8,9)39/h10-17,23-27,39H,18-22H2,1-9H3/b16-13+,30-17-,35-32?. The fraction of sp³-hybridized carbons (Fsp3) is 0.588. The average molecular weight is 586 g/mol. The lowest BCUT2D eigenvalue weighted by molar-refractivity contribution is -0.156. The molecule has 0 spiro atoms. The third kappa shape index (κ3) is 15.3. The van der Waals surface area contributed by atoms with Gasteiger partial charge in [-0.1, -0.05) is 69.3 Å².